The van der Waals surface area contributed by atoms with Crippen LogP contribution in [0.4, 0.5) is 0 Å². The highest BCUT2D eigenvalue weighted by molar-refractivity contribution is 6.30. The lowest BCUT2D eigenvalue weighted by molar-refractivity contribution is 0.0697. The van der Waals surface area contributed by atoms with Gasteiger partial charge in [-0.05, 0) is 35.9 Å². The van der Waals surface area contributed by atoms with E-state index >= 15 is 0 Å². The summed E-state index contributed by atoms with van der Waals surface area (Å²) >= 11 is 6.04. The second-order valence-electron chi connectivity index (χ2n) is 4.66. The summed E-state index contributed by atoms with van der Waals surface area (Å²) in [4.78, 5) is 14.1. The quantitative estimate of drug-likeness (QED) is 0.736. The van der Waals surface area contributed by atoms with Gasteiger partial charge in [-0.15, -0.1) is 0 Å². The molecule has 4 heteroatoms. The molecule has 21 heavy (non-hydrogen) atoms. The maximum Gasteiger partial charge on any atom is 0.335 e. The molecule has 0 amide bonds. The van der Waals surface area contributed by atoms with Crippen molar-refractivity contribution < 1.29 is 9.90 Å². The van der Waals surface area contributed by atoms with Crippen LogP contribution >= 0.6 is 11.6 Å². The number of H-pyrrole nitrogens is 1. The molecule has 0 spiro atoms. The molecule has 2 aromatic carbocycles. The van der Waals surface area contributed by atoms with Gasteiger partial charge in [0.05, 0.1) is 11.3 Å². The predicted molar refractivity (Wildman–Crippen MR) is 83.6 cm³/mol. The van der Waals surface area contributed by atoms with Gasteiger partial charge < -0.3 is 10.1 Å². The Labute approximate surface area is 126 Å². The first-order valence-electron chi connectivity index (χ1n) is 6.42. The van der Waals surface area contributed by atoms with Crippen molar-refractivity contribution in [2.45, 2.75) is 0 Å². The topological polar surface area (TPSA) is 53.1 Å². The third kappa shape index (κ3) is 2.69. The van der Waals surface area contributed by atoms with Crippen LogP contribution in [0.25, 0.3) is 22.4 Å². The maximum absolute atomic E-state index is 10.9. The van der Waals surface area contributed by atoms with E-state index in [1.807, 2.05) is 36.5 Å². The predicted octanol–water partition coefficient (Wildman–Crippen LogP) is 4.70. The summed E-state index contributed by atoms with van der Waals surface area (Å²) in [5.74, 6) is -0.925. The highest BCUT2D eigenvalue weighted by Gasteiger charge is 2.10. The summed E-state index contributed by atoms with van der Waals surface area (Å²) in [5.41, 5.74) is 4.19. The van der Waals surface area contributed by atoms with Gasteiger partial charge >= 0.3 is 5.97 Å². The van der Waals surface area contributed by atoms with E-state index in [9.17, 15) is 4.79 Å². The van der Waals surface area contributed by atoms with Gasteiger partial charge in [0.15, 0.2) is 0 Å². The van der Waals surface area contributed by atoms with Gasteiger partial charge in [-0.25, -0.2) is 4.79 Å². The Morgan fingerprint density at radius 3 is 2.43 bits per heavy atom. The fourth-order valence-corrected chi connectivity index (χ4v) is 2.48. The van der Waals surface area contributed by atoms with Crippen molar-refractivity contribution in [1.82, 2.24) is 4.98 Å². The maximum atomic E-state index is 10.9. The summed E-state index contributed by atoms with van der Waals surface area (Å²) in [6.45, 7) is 0. The molecular weight excluding hydrogens is 286 g/mol. The van der Waals surface area contributed by atoms with Crippen LogP contribution in [0.3, 0.4) is 0 Å². The van der Waals surface area contributed by atoms with Crippen LogP contribution in [0.2, 0.25) is 5.02 Å². The van der Waals surface area contributed by atoms with Crippen LogP contribution < -0.4 is 0 Å². The Hall–Kier alpha value is -2.52. The van der Waals surface area contributed by atoms with Crippen molar-refractivity contribution in [3.05, 3.63) is 71.4 Å². The lowest BCUT2D eigenvalue weighted by Gasteiger charge is -2.06. The van der Waals surface area contributed by atoms with Crippen LogP contribution in [-0.2, 0) is 0 Å². The number of nitrogens with one attached hydrogen (secondary N) is 1. The molecular formula is C17H12ClNO2. The Balaban J connectivity index is 2.04. The van der Waals surface area contributed by atoms with Crippen molar-refractivity contribution in [3.8, 4) is 22.4 Å². The highest BCUT2D eigenvalue weighted by atomic mass is 35.5. The van der Waals surface area contributed by atoms with Gasteiger partial charge in [-0.1, -0.05) is 35.9 Å². The number of hydrogen-bond donors (Lipinski definition) is 2. The van der Waals surface area contributed by atoms with E-state index in [-0.39, 0.29) is 5.56 Å². The molecule has 0 radical (unpaired) electrons. The molecule has 0 atom stereocenters. The standard InChI is InChI=1S/C17H12ClNO2/c18-14-3-1-2-13(10-14)16-15(8-9-19-16)11-4-6-12(7-5-11)17(20)21/h1-10,19H,(H,20,21). The molecule has 0 saturated carbocycles. The number of aromatic carboxylic acids is 1. The average Bonchev–Trinajstić information content (AvgIpc) is 2.97. The Kier molecular flexibility index (Phi) is 3.50. The third-order valence-electron chi connectivity index (χ3n) is 3.30. The largest absolute Gasteiger partial charge is 0.478 e. The molecule has 2 N–H and O–H groups in total. The number of carboxylic acids is 1. The van der Waals surface area contributed by atoms with E-state index in [1.165, 1.54) is 0 Å². The minimum absolute atomic E-state index is 0.276. The van der Waals surface area contributed by atoms with Crippen molar-refractivity contribution in [2.75, 3.05) is 0 Å². The molecule has 3 nitrogen and oxygen atoms in total. The van der Waals surface area contributed by atoms with E-state index in [2.05, 4.69) is 4.98 Å². The molecule has 104 valence electrons. The van der Waals surface area contributed by atoms with E-state index in [0.29, 0.717) is 5.02 Å². The van der Waals surface area contributed by atoms with E-state index < -0.39 is 5.97 Å². The normalized spacial score (nSPS) is 10.5. The summed E-state index contributed by atoms with van der Waals surface area (Å²) in [7, 11) is 0. The first kappa shape index (κ1) is 13.5. The molecule has 1 heterocycles. The van der Waals surface area contributed by atoms with Crippen LogP contribution in [0.15, 0.2) is 60.8 Å². The first-order chi connectivity index (χ1) is 10.1. The number of halogens is 1. The molecule has 0 aliphatic carbocycles. The zero-order chi connectivity index (χ0) is 14.8. The fourth-order valence-electron chi connectivity index (χ4n) is 2.29. The van der Waals surface area contributed by atoms with Gasteiger partial charge in [-0.2, -0.15) is 0 Å². The molecule has 1 aromatic heterocycles. The molecule has 0 aliphatic rings. The van der Waals surface area contributed by atoms with Crippen LogP contribution in [0, 0.1) is 0 Å². The van der Waals surface area contributed by atoms with Crippen LogP contribution in [-0.4, -0.2) is 16.1 Å². The van der Waals surface area contributed by atoms with E-state index in [1.54, 1.807) is 24.3 Å². The summed E-state index contributed by atoms with van der Waals surface area (Å²) in [6.07, 6.45) is 1.86. The lowest BCUT2D eigenvalue weighted by Crippen LogP contribution is -1.95. The Morgan fingerprint density at radius 1 is 1.00 bits per heavy atom. The summed E-state index contributed by atoms with van der Waals surface area (Å²) < 4.78 is 0. The van der Waals surface area contributed by atoms with Gasteiger partial charge in [0.25, 0.3) is 0 Å². The smallest absolute Gasteiger partial charge is 0.335 e. The molecule has 0 aliphatic heterocycles. The van der Waals surface area contributed by atoms with Gasteiger partial charge in [0.2, 0.25) is 0 Å². The number of hydrogen-bond acceptors (Lipinski definition) is 1. The van der Waals surface area contributed by atoms with Gasteiger partial charge in [0.1, 0.15) is 0 Å². The van der Waals surface area contributed by atoms with Crippen LogP contribution in [0.1, 0.15) is 10.4 Å². The molecule has 3 aromatic rings. The van der Waals surface area contributed by atoms with E-state index in [0.717, 1.165) is 22.4 Å². The first-order valence-corrected chi connectivity index (χ1v) is 6.80. The van der Waals surface area contributed by atoms with Crippen LogP contribution in [0.5, 0.6) is 0 Å². The molecule has 0 fully saturated rings. The molecule has 3 rings (SSSR count). The summed E-state index contributed by atoms with van der Waals surface area (Å²) in [6, 6.07) is 16.4. The number of carboxylic acid groups (broad SMARTS) is 1. The number of rotatable bonds is 3. The molecule has 0 saturated heterocycles. The molecule has 0 unspecified atom stereocenters. The minimum Gasteiger partial charge on any atom is -0.478 e. The van der Waals surface area contributed by atoms with Crippen molar-refractivity contribution in [1.29, 1.82) is 0 Å². The minimum atomic E-state index is -0.925. The number of benzene rings is 2. The number of aromatic nitrogens is 1. The fraction of sp³-hybridized carbons (Fsp3) is 0. The highest BCUT2D eigenvalue weighted by Crippen LogP contribution is 2.32. The second-order valence-corrected chi connectivity index (χ2v) is 5.10. The zero-order valence-corrected chi connectivity index (χ0v) is 11.8. The van der Waals surface area contributed by atoms with Crippen molar-refractivity contribution >= 4 is 17.6 Å². The lowest BCUT2D eigenvalue weighted by atomic mass is 10.0. The van der Waals surface area contributed by atoms with Crippen molar-refractivity contribution in [2.24, 2.45) is 0 Å². The second kappa shape index (κ2) is 5.46. The number of carbonyl (C=O) groups is 1. The zero-order valence-electron chi connectivity index (χ0n) is 11.0. The third-order valence-corrected chi connectivity index (χ3v) is 3.54. The van der Waals surface area contributed by atoms with Gasteiger partial charge in [0, 0.05) is 22.3 Å². The Morgan fingerprint density at radius 2 is 1.76 bits per heavy atom. The monoisotopic (exact) mass is 297 g/mol. The number of aromatic amines is 1. The van der Waals surface area contributed by atoms with Gasteiger partial charge in [-0.3, -0.25) is 0 Å². The SMILES string of the molecule is O=C(O)c1ccc(-c2cc[nH]c2-c2cccc(Cl)c2)cc1. The Bertz CT molecular complexity index is 791. The van der Waals surface area contributed by atoms with E-state index in [4.69, 9.17) is 16.7 Å². The summed E-state index contributed by atoms with van der Waals surface area (Å²) in [5, 5.41) is 9.62. The average molecular weight is 298 g/mol. The molecule has 0 bridgehead atoms. The van der Waals surface area contributed by atoms with Crippen molar-refractivity contribution in [3.63, 3.8) is 0 Å².